The van der Waals surface area contributed by atoms with Gasteiger partial charge in [-0.3, -0.25) is 0 Å². The molecule has 5 heteroatoms. The predicted molar refractivity (Wildman–Crippen MR) is 70.3 cm³/mol. The third-order valence-electron chi connectivity index (χ3n) is 3.36. The second-order valence-corrected chi connectivity index (χ2v) is 5.12. The molecule has 1 atom stereocenters. The number of nitrogens with one attached hydrogen (secondary N) is 1. The molecule has 2 rings (SSSR count). The number of nitrogens with zero attached hydrogens (tertiary/aromatic N) is 1. The zero-order valence-electron chi connectivity index (χ0n) is 11.0. The molecule has 0 saturated carbocycles. The quantitative estimate of drug-likeness (QED) is 0.845. The van der Waals surface area contributed by atoms with Crippen molar-refractivity contribution in [3.63, 3.8) is 0 Å². The number of halogens is 3. The van der Waals surface area contributed by atoms with Crippen LogP contribution in [0.1, 0.15) is 18.9 Å². The normalized spacial score (nSPS) is 21.9. The van der Waals surface area contributed by atoms with Crippen LogP contribution in [0.5, 0.6) is 0 Å². The Labute approximate surface area is 111 Å². The molecule has 1 aromatic rings. The number of hydrogen-bond donors (Lipinski definition) is 1. The maximum atomic E-state index is 13.0. The van der Waals surface area contributed by atoms with Gasteiger partial charge in [-0.1, -0.05) is 19.1 Å². The minimum Gasteiger partial charge on any atom is -0.371 e. The fourth-order valence-corrected chi connectivity index (χ4v) is 2.48. The molecule has 0 aliphatic carbocycles. The zero-order chi connectivity index (χ0) is 13.9. The first-order chi connectivity index (χ1) is 8.98. The second-order valence-electron chi connectivity index (χ2n) is 5.12. The van der Waals surface area contributed by atoms with Gasteiger partial charge in [-0.15, -0.1) is 0 Å². The highest BCUT2D eigenvalue weighted by Gasteiger charge is 2.34. The van der Waals surface area contributed by atoms with Gasteiger partial charge in [0.05, 0.1) is 5.56 Å². The summed E-state index contributed by atoms with van der Waals surface area (Å²) in [4.78, 5) is 1.87. The average Bonchev–Trinajstić information content (AvgIpc) is 2.32. The van der Waals surface area contributed by atoms with Crippen molar-refractivity contribution < 1.29 is 13.2 Å². The third kappa shape index (κ3) is 3.62. The summed E-state index contributed by atoms with van der Waals surface area (Å²) in [5, 5.41) is 3.30. The Morgan fingerprint density at radius 2 is 2.00 bits per heavy atom. The van der Waals surface area contributed by atoms with Crippen LogP contribution in [0, 0.1) is 5.92 Å². The molecule has 1 heterocycles. The summed E-state index contributed by atoms with van der Waals surface area (Å²) in [7, 11) is 0. The number of rotatable bonds is 1. The van der Waals surface area contributed by atoms with Gasteiger partial charge in [0.25, 0.3) is 0 Å². The number of benzene rings is 1. The molecule has 1 aliphatic heterocycles. The molecule has 0 radical (unpaired) electrons. The van der Waals surface area contributed by atoms with E-state index < -0.39 is 11.7 Å². The summed E-state index contributed by atoms with van der Waals surface area (Å²) in [6.07, 6.45) is -3.43. The van der Waals surface area contributed by atoms with E-state index in [-0.39, 0.29) is 0 Å². The van der Waals surface area contributed by atoms with Gasteiger partial charge in [-0.2, -0.15) is 13.2 Å². The number of anilines is 1. The van der Waals surface area contributed by atoms with Crippen LogP contribution in [-0.4, -0.2) is 26.2 Å². The van der Waals surface area contributed by atoms with E-state index in [1.54, 1.807) is 12.1 Å². The van der Waals surface area contributed by atoms with E-state index in [4.69, 9.17) is 0 Å². The SMILES string of the molecule is CC1CNCCCN(c2ccccc2C(F)(F)F)C1. The molecule has 19 heavy (non-hydrogen) atoms. The largest absolute Gasteiger partial charge is 0.418 e. The fourth-order valence-electron chi connectivity index (χ4n) is 2.48. The monoisotopic (exact) mass is 272 g/mol. The Morgan fingerprint density at radius 3 is 2.74 bits per heavy atom. The van der Waals surface area contributed by atoms with Crippen molar-refractivity contribution in [2.24, 2.45) is 5.92 Å². The van der Waals surface area contributed by atoms with E-state index in [1.807, 2.05) is 4.90 Å². The van der Waals surface area contributed by atoms with E-state index in [0.717, 1.165) is 25.6 Å². The van der Waals surface area contributed by atoms with Crippen LogP contribution in [-0.2, 0) is 6.18 Å². The van der Waals surface area contributed by atoms with Gasteiger partial charge < -0.3 is 10.2 Å². The minimum atomic E-state index is -4.29. The Hall–Kier alpha value is -1.23. The maximum absolute atomic E-state index is 13.0. The van der Waals surface area contributed by atoms with Crippen molar-refractivity contribution >= 4 is 5.69 Å². The fraction of sp³-hybridized carbons (Fsp3) is 0.571. The molecule has 106 valence electrons. The Morgan fingerprint density at radius 1 is 1.26 bits per heavy atom. The first kappa shape index (κ1) is 14.2. The molecular weight excluding hydrogens is 253 g/mol. The lowest BCUT2D eigenvalue weighted by Gasteiger charge is -2.32. The van der Waals surface area contributed by atoms with Crippen LogP contribution < -0.4 is 10.2 Å². The van der Waals surface area contributed by atoms with Crippen molar-refractivity contribution in [2.45, 2.75) is 19.5 Å². The lowest BCUT2D eigenvalue weighted by atomic mass is 10.1. The lowest BCUT2D eigenvalue weighted by molar-refractivity contribution is -0.137. The van der Waals surface area contributed by atoms with Crippen LogP contribution in [0.2, 0.25) is 0 Å². The Bertz CT molecular complexity index is 417. The van der Waals surface area contributed by atoms with Gasteiger partial charge in [0, 0.05) is 18.8 Å². The first-order valence-electron chi connectivity index (χ1n) is 6.60. The van der Waals surface area contributed by atoms with Gasteiger partial charge in [-0.25, -0.2) is 0 Å². The molecule has 1 aromatic carbocycles. The van der Waals surface area contributed by atoms with Crippen molar-refractivity contribution in [3.8, 4) is 0 Å². The van der Waals surface area contributed by atoms with Crippen molar-refractivity contribution in [1.29, 1.82) is 0 Å². The summed E-state index contributed by atoms with van der Waals surface area (Å²) in [5.74, 6) is 0.335. The van der Waals surface area contributed by atoms with E-state index in [0.29, 0.717) is 24.7 Å². The molecule has 0 spiro atoms. The highest BCUT2D eigenvalue weighted by molar-refractivity contribution is 5.55. The van der Waals surface area contributed by atoms with Gasteiger partial charge in [-0.05, 0) is 37.6 Å². The number of alkyl halides is 3. The molecule has 0 aromatic heterocycles. The number of para-hydroxylation sites is 1. The maximum Gasteiger partial charge on any atom is 0.418 e. The molecule has 1 N–H and O–H groups in total. The summed E-state index contributed by atoms with van der Waals surface area (Å²) >= 11 is 0. The molecule has 1 fully saturated rings. The van der Waals surface area contributed by atoms with Crippen molar-refractivity contribution in [2.75, 3.05) is 31.1 Å². The third-order valence-corrected chi connectivity index (χ3v) is 3.36. The van der Waals surface area contributed by atoms with Crippen molar-refractivity contribution in [1.82, 2.24) is 5.32 Å². The molecule has 1 aliphatic rings. The highest BCUT2D eigenvalue weighted by atomic mass is 19.4. The Balaban J connectivity index is 2.28. The summed E-state index contributed by atoms with van der Waals surface area (Å²) in [6.45, 7) is 5.08. The van der Waals surface area contributed by atoms with Gasteiger partial charge in [0.15, 0.2) is 0 Å². The predicted octanol–water partition coefficient (Wildman–Crippen LogP) is 3.14. The van der Waals surface area contributed by atoms with Crippen LogP contribution >= 0.6 is 0 Å². The van der Waals surface area contributed by atoms with E-state index in [1.165, 1.54) is 6.07 Å². The standard InChI is InChI=1S/C14H19F3N2/c1-11-9-18-7-4-8-19(10-11)13-6-3-2-5-12(13)14(15,16)17/h2-3,5-6,11,18H,4,7-10H2,1H3. The van der Waals surface area contributed by atoms with Gasteiger partial charge >= 0.3 is 6.18 Å². The van der Waals surface area contributed by atoms with Crippen LogP contribution in [0.25, 0.3) is 0 Å². The molecular formula is C14H19F3N2. The van der Waals surface area contributed by atoms with Crippen LogP contribution in [0.3, 0.4) is 0 Å². The second kappa shape index (κ2) is 5.82. The smallest absolute Gasteiger partial charge is 0.371 e. The van der Waals surface area contributed by atoms with Gasteiger partial charge in [0.1, 0.15) is 0 Å². The zero-order valence-corrected chi connectivity index (χ0v) is 11.0. The summed E-state index contributed by atoms with van der Waals surface area (Å²) in [5.41, 5.74) is -0.223. The topological polar surface area (TPSA) is 15.3 Å². The Kier molecular flexibility index (Phi) is 4.34. The first-order valence-corrected chi connectivity index (χ1v) is 6.60. The number of hydrogen-bond acceptors (Lipinski definition) is 2. The van der Waals surface area contributed by atoms with Crippen LogP contribution in [0.4, 0.5) is 18.9 Å². The van der Waals surface area contributed by atoms with E-state index in [2.05, 4.69) is 12.2 Å². The minimum absolute atomic E-state index is 0.309. The molecule has 1 saturated heterocycles. The molecule has 1 unspecified atom stereocenters. The molecule has 0 amide bonds. The molecule has 0 bridgehead atoms. The van der Waals surface area contributed by atoms with E-state index in [9.17, 15) is 13.2 Å². The summed E-state index contributed by atoms with van der Waals surface area (Å²) in [6, 6.07) is 5.86. The van der Waals surface area contributed by atoms with Crippen LogP contribution in [0.15, 0.2) is 24.3 Å². The van der Waals surface area contributed by atoms with E-state index >= 15 is 0 Å². The van der Waals surface area contributed by atoms with Crippen molar-refractivity contribution in [3.05, 3.63) is 29.8 Å². The molecule has 2 nitrogen and oxygen atoms in total. The highest BCUT2D eigenvalue weighted by Crippen LogP contribution is 2.36. The summed E-state index contributed by atoms with van der Waals surface area (Å²) < 4.78 is 39.1. The van der Waals surface area contributed by atoms with Gasteiger partial charge in [0.2, 0.25) is 0 Å². The average molecular weight is 272 g/mol. The lowest BCUT2D eigenvalue weighted by Crippen LogP contribution is -2.39.